The van der Waals surface area contributed by atoms with Crippen LogP contribution in [0.5, 0.6) is 0 Å². The number of nitrogens with two attached hydrogens (primary N) is 1. The van der Waals surface area contributed by atoms with Crippen LogP contribution in [-0.4, -0.2) is 29.5 Å². The molecule has 0 aliphatic carbocycles. The number of nitrogens with one attached hydrogen (secondary N) is 1. The van der Waals surface area contributed by atoms with Gasteiger partial charge in [0.2, 0.25) is 10.0 Å². The van der Waals surface area contributed by atoms with Crippen LogP contribution in [0.4, 0.5) is 5.82 Å². The predicted molar refractivity (Wildman–Crippen MR) is 129 cm³/mol. The number of imidazole rings is 1. The van der Waals surface area contributed by atoms with Crippen molar-refractivity contribution in [3.8, 4) is 0 Å². The summed E-state index contributed by atoms with van der Waals surface area (Å²) in [6.45, 7) is 5.06. The van der Waals surface area contributed by atoms with Gasteiger partial charge in [0, 0.05) is 24.9 Å². The fourth-order valence-corrected chi connectivity index (χ4v) is 4.99. The maximum absolute atomic E-state index is 12.6. The number of sulfonamides is 1. The van der Waals surface area contributed by atoms with Gasteiger partial charge in [0.1, 0.15) is 11.3 Å². The molecule has 0 atom stereocenters. The van der Waals surface area contributed by atoms with Crippen molar-refractivity contribution in [3.63, 3.8) is 0 Å². The molecule has 2 heterocycles. The second-order valence-electron chi connectivity index (χ2n) is 8.06. The Morgan fingerprint density at radius 3 is 2.53 bits per heavy atom. The van der Waals surface area contributed by atoms with E-state index in [2.05, 4.69) is 21.2 Å². The summed E-state index contributed by atoms with van der Waals surface area (Å²) in [5, 5.41) is 1.01. The Bertz CT molecular complexity index is 1340. The fourth-order valence-electron chi connectivity index (χ4n) is 3.92. The van der Waals surface area contributed by atoms with E-state index in [-0.39, 0.29) is 4.90 Å². The molecule has 0 radical (unpaired) electrons. The number of aromatic nitrogens is 3. The number of nitrogens with zero attached hydrogens (tertiary/aromatic N) is 3. The van der Waals surface area contributed by atoms with E-state index < -0.39 is 10.0 Å². The van der Waals surface area contributed by atoms with Gasteiger partial charge in [-0.3, -0.25) is 0 Å². The standard InChI is InChI=1S/C24H29N5O2S/c1-3-4-10-21-28-22-23(19-8-5-6-9-20(19)27-24(22)25)29(21)16-7-15-26-32(30,31)18-13-11-17(2)12-14-18/h5-6,8-9,11-14,26H,3-4,7,10,15-16H2,1-2H3,(H2,25,27). The minimum Gasteiger partial charge on any atom is -0.382 e. The van der Waals surface area contributed by atoms with Crippen LogP contribution in [-0.2, 0) is 23.0 Å². The van der Waals surface area contributed by atoms with E-state index in [9.17, 15) is 8.42 Å². The summed E-state index contributed by atoms with van der Waals surface area (Å²) in [6, 6.07) is 14.8. The molecule has 0 amide bonds. The maximum Gasteiger partial charge on any atom is 0.240 e. The lowest BCUT2D eigenvalue weighted by atomic mass is 10.2. The molecule has 2 aromatic heterocycles. The number of hydrogen-bond donors (Lipinski definition) is 2. The third-order valence-corrected chi connectivity index (χ3v) is 7.10. The summed E-state index contributed by atoms with van der Waals surface area (Å²) in [7, 11) is -3.53. The van der Waals surface area contributed by atoms with Gasteiger partial charge in [-0.25, -0.2) is 23.1 Å². The smallest absolute Gasteiger partial charge is 0.240 e. The lowest BCUT2D eigenvalue weighted by Gasteiger charge is -2.12. The van der Waals surface area contributed by atoms with Crippen molar-refractivity contribution in [3.05, 3.63) is 59.9 Å². The first kappa shape index (κ1) is 22.2. The first-order valence-corrected chi connectivity index (χ1v) is 12.5. The molecule has 0 aliphatic rings. The molecule has 0 spiro atoms. The largest absolute Gasteiger partial charge is 0.382 e. The molecular formula is C24H29N5O2S. The molecule has 2 aromatic carbocycles. The van der Waals surface area contributed by atoms with E-state index in [4.69, 9.17) is 10.7 Å². The van der Waals surface area contributed by atoms with Gasteiger partial charge in [-0.2, -0.15) is 0 Å². The number of benzene rings is 2. The minimum absolute atomic E-state index is 0.282. The summed E-state index contributed by atoms with van der Waals surface area (Å²) in [5.74, 6) is 1.39. The number of anilines is 1. The number of para-hydroxylation sites is 1. The van der Waals surface area contributed by atoms with Crippen molar-refractivity contribution < 1.29 is 8.42 Å². The monoisotopic (exact) mass is 451 g/mol. The van der Waals surface area contributed by atoms with Gasteiger partial charge >= 0.3 is 0 Å². The molecule has 0 fully saturated rings. The number of rotatable bonds is 9. The lowest BCUT2D eigenvalue weighted by molar-refractivity contribution is 0.566. The maximum atomic E-state index is 12.6. The molecule has 0 saturated carbocycles. The van der Waals surface area contributed by atoms with Crippen molar-refractivity contribution in [2.75, 3.05) is 12.3 Å². The molecule has 0 saturated heterocycles. The van der Waals surface area contributed by atoms with Crippen LogP contribution in [0.3, 0.4) is 0 Å². The van der Waals surface area contributed by atoms with Gasteiger partial charge in [0.05, 0.1) is 15.9 Å². The highest BCUT2D eigenvalue weighted by molar-refractivity contribution is 7.89. The Labute approximate surface area is 188 Å². The van der Waals surface area contributed by atoms with E-state index in [1.165, 1.54) is 0 Å². The highest BCUT2D eigenvalue weighted by atomic mass is 32.2. The minimum atomic E-state index is -3.53. The molecule has 168 valence electrons. The Balaban J connectivity index is 1.59. The van der Waals surface area contributed by atoms with E-state index in [0.29, 0.717) is 25.3 Å². The van der Waals surface area contributed by atoms with Gasteiger partial charge in [0.15, 0.2) is 5.82 Å². The second kappa shape index (κ2) is 9.26. The van der Waals surface area contributed by atoms with Crippen LogP contribution < -0.4 is 10.5 Å². The summed E-state index contributed by atoms with van der Waals surface area (Å²) < 4.78 is 30.1. The van der Waals surface area contributed by atoms with Crippen LogP contribution in [0.25, 0.3) is 21.9 Å². The Morgan fingerprint density at radius 2 is 1.78 bits per heavy atom. The zero-order valence-electron chi connectivity index (χ0n) is 18.5. The average molecular weight is 452 g/mol. The van der Waals surface area contributed by atoms with E-state index in [1.807, 2.05) is 31.2 Å². The fraction of sp³-hybridized carbons (Fsp3) is 0.333. The van der Waals surface area contributed by atoms with Crippen LogP contribution in [0, 0.1) is 6.92 Å². The zero-order chi connectivity index (χ0) is 22.7. The van der Waals surface area contributed by atoms with Crippen molar-refractivity contribution >= 4 is 37.8 Å². The van der Waals surface area contributed by atoms with Gasteiger partial charge in [-0.1, -0.05) is 49.2 Å². The third kappa shape index (κ3) is 4.47. The first-order valence-electron chi connectivity index (χ1n) is 11.0. The van der Waals surface area contributed by atoms with E-state index >= 15 is 0 Å². The highest BCUT2D eigenvalue weighted by Crippen LogP contribution is 2.29. The van der Waals surface area contributed by atoms with Gasteiger partial charge in [-0.05, 0) is 38.0 Å². The normalized spacial score (nSPS) is 12.1. The molecule has 3 N–H and O–H groups in total. The van der Waals surface area contributed by atoms with Crippen LogP contribution in [0.2, 0.25) is 0 Å². The average Bonchev–Trinajstić information content (AvgIpc) is 3.15. The van der Waals surface area contributed by atoms with Gasteiger partial charge in [0.25, 0.3) is 0 Å². The summed E-state index contributed by atoms with van der Waals surface area (Å²) in [6.07, 6.45) is 3.56. The van der Waals surface area contributed by atoms with Crippen LogP contribution >= 0.6 is 0 Å². The van der Waals surface area contributed by atoms with Crippen molar-refractivity contribution in [2.24, 2.45) is 0 Å². The van der Waals surface area contributed by atoms with Crippen LogP contribution in [0.1, 0.15) is 37.6 Å². The Morgan fingerprint density at radius 1 is 1.03 bits per heavy atom. The van der Waals surface area contributed by atoms with Crippen molar-refractivity contribution in [2.45, 2.75) is 51.0 Å². The summed E-state index contributed by atoms with van der Waals surface area (Å²) in [5.41, 5.74) is 9.79. The zero-order valence-corrected chi connectivity index (χ0v) is 19.3. The summed E-state index contributed by atoms with van der Waals surface area (Å²) >= 11 is 0. The number of pyridine rings is 1. The molecule has 4 aromatic rings. The molecule has 0 unspecified atom stereocenters. The lowest BCUT2D eigenvalue weighted by Crippen LogP contribution is -2.25. The Hall–Kier alpha value is -2.97. The first-order chi connectivity index (χ1) is 15.4. The number of aryl methyl sites for hydroxylation is 3. The second-order valence-corrected chi connectivity index (χ2v) is 9.83. The van der Waals surface area contributed by atoms with E-state index in [0.717, 1.165) is 52.6 Å². The topological polar surface area (TPSA) is 103 Å². The SMILES string of the molecule is CCCCc1nc2c(N)nc3ccccc3c2n1CCCNS(=O)(=O)c1ccc(C)cc1. The Kier molecular flexibility index (Phi) is 6.43. The quantitative estimate of drug-likeness (QED) is 0.372. The predicted octanol–water partition coefficient (Wildman–Crippen LogP) is 4.19. The molecule has 0 aliphatic heterocycles. The summed E-state index contributed by atoms with van der Waals surface area (Å²) in [4.78, 5) is 9.62. The molecule has 0 bridgehead atoms. The third-order valence-electron chi connectivity index (χ3n) is 5.63. The van der Waals surface area contributed by atoms with Crippen molar-refractivity contribution in [1.82, 2.24) is 19.3 Å². The van der Waals surface area contributed by atoms with Gasteiger partial charge < -0.3 is 10.3 Å². The van der Waals surface area contributed by atoms with E-state index in [1.54, 1.807) is 24.3 Å². The number of hydrogen-bond acceptors (Lipinski definition) is 5. The van der Waals surface area contributed by atoms with Crippen molar-refractivity contribution in [1.29, 1.82) is 0 Å². The number of unbranched alkanes of at least 4 members (excludes halogenated alkanes) is 1. The number of fused-ring (bicyclic) bond motifs is 3. The highest BCUT2D eigenvalue weighted by Gasteiger charge is 2.18. The molecule has 8 heteroatoms. The molecule has 7 nitrogen and oxygen atoms in total. The number of nitrogen functional groups attached to an aromatic ring is 1. The molecule has 32 heavy (non-hydrogen) atoms. The van der Waals surface area contributed by atoms with Crippen LogP contribution in [0.15, 0.2) is 53.4 Å². The van der Waals surface area contributed by atoms with Gasteiger partial charge in [-0.15, -0.1) is 0 Å². The molecular weight excluding hydrogens is 422 g/mol. The molecule has 4 rings (SSSR count).